The second-order valence-electron chi connectivity index (χ2n) is 4.65. The van der Waals surface area contributed by atoms with E-state index in [9.17, 15) is 12.8 Å². The Labute approximate surface area is 124 Å². The lowest BCUT2D eigenvalue weighted by atomic mass is 10.1. The third-order valence-electron chi connectivity index (χ3n) is 3.19. The van der Waals surface area contributed by atoms with Crippen LogP contribution in [0.15, 0.2) is 53.4 Å². The third kappa shape index (κ3) is 3.80. The minimum atomic E-state index is -3.42. The molecule has 1 atom stereocenters. The number of hydrogen-bond acceptors (Lipinski definition) is 3. The fourth-order valence-corrected chi connectivity index (χ4v) is 2.66. The van der Waals surface area contributed by atoms with Crippen molar-refractivity contribution in [2.24, 2.45) is 0 Å². The van der Waals surface area contributed by atoms with E-state index < -0.39 is 10.0 Å². The highest BCUT2D eigenvalue weighted by molar-refractivity contribution is 7.89. The average molecular weight is 308 g/mol. The molecule has 0 fully saturated rings. The summed E-state index contributed by atoms with van der Waals surface area (Å²) in [6.45, 7) is 1.95. The molecule has 0 spiro atoms. The molecule has 2 aromatic carbocycles. The largest absolute Gasteiger partial charge is 0.379 e. The highest BCUT2D eigenvalue weighted by Crippen LogP contribution is 2.21. The van der Waals surface area contributed by atoms with E-state index in [0.717, 1.165) is 11.3 Å². The Balaban J connectivity index is 2.13. The van der Waals surface area contributed by atoms with E-state index in [4.69, 9.17) is 0 Å². The molecule has 4 nitrogen and oxygen atoms in total. The van der Waals surface area contributed by atoms with Crippen LogP contribution in [0.1, 0.15) is 18.5 Å². The zero-order valence-corrected chi connectivity index (χ0v) is 12.6. The van der Waals surface area contributed by atoms with Gasteiger partial charge in [-0.25, -0.2) is 17.5 Å². The van der Waals surface area contributed by atoms with Crippen LogP contribution in [0.2, 0.25) is 0 Å². The van der Waals surface area contributed by atoms with Gasteiger partial charge in [0.15, 0.2) is 0 Å². The van der Waals surface area contributed by atoms with Crippen molar-refractivity contribution in [3.8, 4) is 0 Å². The van der Waals surface area contributed by atoms with Crippen molar-refractivity contribution in [1.82, 2.24) is 4.72 Å². The van der Waals surface area contributed by atoms with Gasteiger partial charge >= 0.3 is 0 Å². The van der Waals surface area contributed by atoms with Gasteiger partial charge in [0.2, 0.25) is 10.0 Å². The van der Waals surface area contributed by atoms with Gasteiger partial charge in [-0.15, -0.1) is 0 Å². The quantitative estimate of drug-likeness (QED) is 0.893. The lowest BCUT2D eigenvalue weighted by Crippen LogP contribution is -2.18. The Morgan fingerprint density at radius 1 is 1.00 bits per heavy atom. The second-order valence-corrected chi connectivity index (χ2v) is 6.54. The van der Waals surface area contributed by atoms with Crippen LogP contribution in [0.25, 0.3) is 0 Å². The number of halogens is 1. The van der Waals surface area contributed by atoms with Crippen LogP contribution in [0.5, 0.6) is 0 Å². The Kier molecular flexibility index (Phi) is 4.59. The smallest absolute Gasteiger partial charge is 0.240 e. The summed E-state index contributed by atoms with van der Waals surface area (Å²) in [5, 5.41) is 3.23. The molecule has 2 aromatic rings. The summed E-state index contributed by atoms with van der Waals surface area (Å²) in [7, 11) is -2.04. The molecule has 2 rings (SSSR count). The van der Waals surface area contributed by atoms with Crippen LogP contribution in [0.4, 0.5) is 10.1 Å². The van der Waals surface area contributed by atoms with E-state index in [1.165, 1.54) is 19.2 Å². The van der Waals surface area contributed by atoms with Crippen molar-refractivity contribution in [2.45, 2.75) is 17.9 Å². The second kappa shape index (κ2) is 6.24. The summed E-state index contributed by atoms with van der Waals surface area (Å²) in [5.74, 6) is -0.283. The fourth-order valence-electron chi connectivity index (χ4n) is 1.93. The van der Waals surface area contributed by atoms with Crippen molar-refractivity contribution in [3.05, 3.63) is 59.9 Å². The van der Waals surface area contributed by atoms with Crippen molar-refractivity contribution < 1.29 is 12.8 Å². The summed E-state index contributed by atoms with van der Waals surface area (Å²) in [5.41, 5.74) is 1.74. The molecule has 0 bridgehead atoms. The maximum atomic E-state index is 12.8. The molecule has 0 saturated heterocycles. The Morgan fingerprint density at radius 2 is 1.57 bits per heavy atom. The molecule has 0 amide bonds. The molecule has 0 unspecified atom stereocenters. The van der Waals surface area contributed by atoms with Crippen molar-refractivity contribution in [3.63, 3.8) is 0 Å². The van der Waals surface area contributed by atoms with Crippen LogP contribution >= 0.6 is 0 Å². The molecule has 0 aliphatic heterocycles. The molecule has 6 heteroatoms. The van der Waals surface area contributed by atoms with Gasteiger partial charge in [-0.05, 0) is 55.9 Å². The summed E-state index contributed by atoms with van der Waals surface area (Å²) in [6.07, 6.45) is 0. The number of anilines is 1. The van der Waals surface area contributed by atoms with E-state index in [1.54, 1.807) is 36.4 Å². The van der Waals surface area contributed by atoms with Crippen LogP contribution in [-0.4, -0.2) is 15.5 Å². The summed E-state index contributed by atoms with van der Waals surface area (Å²) in [4.78, 5) is 0.225. The first kappa shape index (κ1) is 15.5. The van der Waals surface area contributed by atoms with Crippen LogP contribution in [0, 0.1) is 5.82 Å². The maximum Gasteiger partial charge on any atom is 0.240 e. The molecule has 21 heavy (non-hydrogen) atoms. The minimum Gasteiger partial charge on any atom is -0.379 e. The van der Waals surface area contributed by atoms with Crippen LogP contribution < -0.4 is 10.0 Å². The molecular weight excluding hydrogens is 291 g/mol. The van der Waals surface area contributed by atoms with Gasteiger partial charge in [0, 0.05) is 11.7 Å². The molecule has 0 saturated carbocycles. The van der Waals surface area contributed by atoms with E-state index in [0.29, 0.717) is 0 Å². The highest BCUT2D eigenvalue weighted by atomic mass is 32.2. The number of sulfonamides is 1. The van der Waals surface area contributed by atoms with Crippen molar-refractivity contribution in [2.75, 3.05) is 12.4 Å². The first-order valence-electron chi connectivity index (χ1n) is 6.48. The summed E-state index contributed by atoms with van der Waals surface area (Å²) < 4.78 is 38.4. The number of hydrogen-bond donors (Lipinski definition) is 2. The van der Waals surface area contributed by atoms with Crippen LogP contribution in [0.3, 0.4) is 0 Å². The van der Waals surface area contributed by atoms with Gasteiger partial charge < -0.3 is 5.32 Å². The molecule has 0 aromatic heterocycles. The lowest BCUT2D eigenvalue weighted by molar-refractivity contribution is 0.588. The average Bonchev–Trinajstić information content (AvgIpc) is 2.49. The van der Waals surface area contributed by atoms with Crippen molar-refractivity contribution in [1.29, 1.82) is 0 Å². The van der Waals surface area contributed by atoms with Gasteiger partial charge in [0.25, 0.3) is 0 Å². The van der Waals surface area contributed by atoms with E-state index >= 15 is 0 Å². The fraction of sp³-hybridized carbons (Fsp3) is 0.200. The molecule has 0 heterocycles. The lowest BCUT2D eigenvalue weighted by Gasteiger charge is -2.16. The minimum absolute atomic E-state index is 0.0261. The monoisotopic (exact) mass is 308 g/mol. The molecular formula is C15H17FN2O2S. The van der Waals surface area contributed by atoms with Gasteiger partial charge in [0.05, 0.1) is 4.90 Å². The van der Waals surface area contributed by atoms with Gasteiger partial charge in [0.1, 0.15) is 5.82 Å². The van der Waals surface area contributed by atoms with Gasteiger partial charge in [-0.1, -0.05) is 12.1 Å². The topological polar surface area (TPSA) is 58.2 Å². The summed E-state index contributed by atoms with van der Waals surface area (Å²) in [6, 6.07) is 12.7. The first-order valence-corrected chi connectivity index (χ1v) is 7.96. The van der Waals surface area contributed by atoms with Gasteiger partial charge in [-0.3, -0.25) is 0 Å². The third-order valence-corrected chi connectivity index (χ3v) is 4.62. The predicted molar refractivity (Wildman–Crippen MR) is 81.1 cm³/mol. The normalized spacial score (nSPS) is 12.9. The van der Waals surface area contributed by atoms with E-state index in [-0.39, 0.29) is 16.8 Å². The number of rotatable bonds is 5. The number of benzene rings is 2. The zero-order valence-electron chi connectivity index (χ0n) is 11.8. The maximum absolute atomic E-state index is 12.8. The Bertz CT molecular complexity index is 697. The Hall–Kier alpha value is -1.92. The molecule has 0 aliphatic rings. The van der Waals surface area contributed by atoms with Gasteiger partial charge in [-0.2, -0.15) is 0 Å². The number of nitrogens with one attached hydrogen (secondary N) is 2. The highest BCUT2D eigenvalue weighted by Gasteiger charge is 2.12. The zero-order chi connectivity index (χ0) is 15.5. The molecule has 2 N–H and O–H groups in total. The van der Waals surface area contributed by atoms with E-state index in [1.807, 2.05) is 6.92 Å². The van der Waals surface area contributed by atoms with Crippen LogP contribution in [-0.2, 0) is 10.0 Å². The Morgan fingerprint density at radius 3 is 2.10 bits per heavy atom. The first-order chi connectivity index (χ1) is 9.92. The van der Waals surface area contributed by atoms with E-state index in [2.05, 4.69) is 10.0 Å². The standard InChI is InChI=1S/C15H17FN2O2S/c1-11(18-14-7-5-13(16)6-8-14)12-3-9-15(10-4-12)21(19,20)17-2/h3-11,17-18H,1-2H3/t11-/m1/s1. The predicted octanol–water partition coefficient (Wildman–Crippen LogP) is 2.91. The molecule has 0 aliphatic carbocycles. The summed E-state index contributed by atoms with van der Waals surface area (Å²) >= 11 is 0. The SMILES string of the molecule is CNS(=O)(=O)c1ccc([C@@H](C)Nc2ccc(F)cc2)cc1. The van der Waals surface area contributed by atoms with Crippen molar-refractivity contribution >= 4 is 15.7 Å². The molecule has 0 radical (unpaired) electrons. The molecule has 112 valence electrons.